The molecule has 1 aromatic carbocycles. The van der Waals surface area contributed by atoms with Crippen LogP contribution in [0.15, 0.2) is 42.9 Å². The van der Waals surface area contributed by atoms with Crippen molar-refractivity contribution in [2.75, 3.05) is 6.54 Å². The minimum absolute atomic E-state index is 0.460. The first-order valence-corrected chi connectivity index (χ1v) is 6.79. The number of rotatable bonds is 6. The normalized spacial score (nSPS) is 16.5. The Morgan fingerprint density at radius 1 is 1.32 bits per heavy atom. The molecule has 0 aliphatic heterocycles. The van der Waals surface area contributed by atoms with Crippen LogP contribution < -0.4 is 5.32 Å². The van der Waals surface area contributed by atoms with Crippen molar-refractivity contribution in [3.05, 3.63) is 54.1 Å². The summed E-state index contributed by atoms with van der Waals surface area (Å²) in [6, 6.07) is 10.4. The first-order valence-electron chi connectivity index (χ1n) is 6.79. The van der Waals surface area contributed by atoms with E-state index in [0.29, 0.717) is 12.6 Å². The highest BCUT2D eigenvalue weighted by atomic mass is 16.3. The zero-order valence-corrected chi connectivity index (χ0v) is 10.9. The SMILES string of the molecule is OC(CNCc1cncn1C1CC1)c1ccccc1. The molecule has 100 valence electrons. The number of aliphatic hydroxyl groups is 1. The Balaban J connectivity index is 1.51. The van der Waals surface area contributed by atoms with Crippen LogP contribution in [0.4, 0.5) is 0 Å². The van der Waals surface area contributed by atoms with Crippen LogP contribution in [0.3, 0.4) is 0 Å². The van der Waals surface area contributed by atoms with Gasteiger partial charge in [0.05, 0.1) is 18.1 Å². The van der Waals surface area contributed by atoms with E-state index in [0.717, 1.165) is 12.1 Å². The van der Waals surface area contributed by atoms with Crippen molar-refractivity contribution in [1.29, 1.82) is 0 Å². The van der Waals surface area contributed by atoms with E-state index < -0.39 is 6.10 Å². The Labute approximate surface area is 113 Å². The Morgan fingerprint density at radius 3 is 2.84 bits per heavy atom. The van der Waals surface area contributed by atoms with Crippen LogP contribution in [0.5, 0.6) is 0 Å². The molecule has 4 heteroatoms. The zero-order chi connectivity index (χ0) is 13.1. The molecule has 2 aromatic rings. The summed E-state index contributed by atoms with van der Waals surface area (Å²) in [5, 5.41) is 13.4. The molecule has 1 aliphatic rings. The molecule has 0 spiro atoms. The van der Waals surface area contributed by atoms with E-state index in [9.17, 15) is 5.11 Å². The number of imidazole rings is 1. The molecule has 0 saturated heterocycles. The third-order valence-corrected chi connectivity index (χ3v) is 3.51. The van der Waals surface area contributed by atoms with Crippen LogP contribution >= 0.6 is 0 Å². The Hall–Kier alpha value is -1.65. The summed E-state index contributed by atoms with van der Waals surface area (Å²) in [6.45, 7) is 1.31. The number of hydrogen-bond donors (Lipinski definition) is 2. The predicted octanol–water partition coefficient (Wildman–Crippen LogP) is 2.04. The predicted molar refractivity (Wildman–Crippen MR) is 73.6 cm³/mol. The fourth-order valence-corrected chi connectivity index (χ4v) is 2.28. The molecule has 19 heavy (non-hydrogen) atoms. The Kier molecular flexibility index (Phi) is 3.62. The minimum Gasteiger partial charge on any atom is -0.387 e. The molecule has 0 radical (unpaired) electrons. The van der Waals surface area contributed by atoms with Gasteiger partial charge in [0.25, 0.3) is 0 Å². The van der Waals surface area contributed by atoms with Gasteiger partial charge in [-0.15, -0.1) is 0 Å². The minimum atomic E-state index is -0.460. The molecule has 2 N–H and O–H groups in total. The Bertz CT molecular complexity index is 519. The summed E-state index contributed by atoms with van der Waals surface area (Å²) in [7, 11) is 0. The van der Waals surface area contributed by atoms with Gasteiger partial charge in [-0.3, -0.25) is 0 Å². The van der Waals surface area contributed by atoms with Gasteiger partial charge < -0.3 is 15.0 Å². The lowest BCUT2D eigenvalue weighted by molar-refractivity contribution is 0.174. The third kappa shape index (κ3) is 3.03. The molecule has 1 saturated carbocycles. The van der Waals surface area contributed by atoms with Crippen molar-refractivity contribution in [2.45, 2.75) is 31.5 Å². The van der Waals surface area contributed by atoms with Gasteiger partial charge in [0.1, 0.15) is 0 Å². The molecule has 1 heterocycles. The summed E-state index contributed by atoms with van der Waals surface area (Å²) in [5.41, 5.74) is 2.15. The average molecular weight is 257 g/mol. The second-order valence-corrected chi connectivity index (χ2v) is 5.08. The van der Waals surface area contributed by atoms with Crippen LogP contribution in [0.1, 0.15) is 36.2 Å². The molecule has 0 bridgehead atoms. The average Bonchev–Trinajstić information content (AvgIpc) is 3.19. The monoisotopic (exact) mass is 257 g/mol. The van der Waals surface area contributed by atoms with E-state index in [1.54, 1.807) is 0 Å². The number of nitrogens with zero attached hydrogens (tertiary/aromatic N) is 2. The summed E-state index contributed by atoms with van der Waals surface area (Å²) in [4.78, 5) is 4.20. The molecule has 3 rings (SSSR count). The highest BCUT2D eigenvalue weighted by molar-refractivity contribution is 5.17. The highest BCUT2D eigenvalue weighted by Gasteiger charge is 2.24. The van der Waals surface area contributed by atoms with Gasteiger partial charge in [-0.05, 0) is 18.4 Å². The van der Waals surface area contributed by atoms with Crippen molar-refractivity contribution in [1.82, 2.24) is 14.9 Å². The van der Waals surface area contributed by atoms with Crippen LogP contribution in [0, 0.1) is 0 Å². The van der Waals surface area contributed by atoms with Gasteiger partial charge in [-0.1, -0.05) is 30.3 Å². The molecule has 4 nitrogen and oxygen atoms in total. The second kappa shape index (κ2) is 5.55. The number of hydrogen-bond acceptors (Lipinski definition) is 3. The number of benzene rings is 1. The van der Waals surface area contributed by atoms with E-state index in [1.165, 1.54) is 18.5 Å². The molecule has 1 aromatic heterocycles. The third-order valence-electron chi connectivity index (χ3n) is 3.51. The number of aliphatic hydroxyl groups excluding tert-OH is 1. The van der Waals surface area contributed by atoms with Gasteiger partial charge in [0.15, 0.2) is 0 Å². The molecular weight excluding hydrogens is 238 g/mol. The van der Waals surface area contributed by atoms with Crippen molar-refractivity contribution >= 4 is 0 Å². The molecule has 0 amide bonds. The van der Waals surface area contributed by atoms with Crippen LogP contribution in [-0.2, 0) is 6.54 Å². The smallest absolute Gasteiger partial charge is 0.0951 e. The van der Waals surface area contributed by atoms with Crippen molar-refractivity contribution < 1.29 is 5.11 Å². The Morgan fingerprint density at radius 2 is 2.11 bits per heavy atom. The topological polar surface area (TPSA) is 50.1 Å². The fraction of sp³-hybridized carbons (Fsp3) is 0.400. The van der Waals surface area contributed by atoms with E-state index in [4.69, 9.17) is 0 Å². The maximum atomic E-state index is 10.1. The lowest BCUT2D eigenvalue weighted by Crippen LogP contribution is -2.22. The molecule has 1 unspecified atom stereocenters. The quantitative estimate of drug-likeness (QED) is 0.832. The summed E-state index contributed by atoms with van der Waals surface area (Å²) in [5.74, 6) is 0. The number of nitrogens with one attached hydrogen (secondary N) is 1. The fourth-order valence-electron chi connectivity index (χ4n) is 2.28. The van der Waals surface area contributed by atoms with Gasteiger partial charge in [0, 0.05) is 25.3 Å². The van der Waals surface area contributed by atoms with Crippen LogP contribution in [0.25, 0.3) is 0 Å². The van der Waals surface area contributed by atoms with Crippen molar-refractivity contribution in [2.24, 2.45) is 0 Å². The number of aromatic nitrogens is 2. The van der Waals surface area contributed by atoms with Gasteiger partial charge in [0.2, 0.25) is 0 Å². The molecule has 1 atom stereocenters. The summed E-state index contributed by atoms with van der Waals surface area (Å²) < 4.78 is 2.24. The molecule has 1 fully saturated rings. The van der Waals surface area contributed by atoms with Crippen molar-refractivity contribution in [3.63, 3.8) is 0 Å². The van der Waals surface area contributed by atoms with E-state index in [2.05, 4.69) is 14.9 Å². The van der Waals surface area contributed by atoms with E-state index in [1.807, 2.05) is 42.9 Å². The van der Waals surface area contributed by atoms with E-state index in [-0.39, 0.29) is 0 Å². The maximum absolute atomic E-state index is 10.1. The first kappa shape index (κ1) is 12.4. The van der Waals surface area contributed by atoms with Gasteiger partial charge in [-0.2, -0.15) is 0 Å². The van der Waals surface area contributed by atoms with Gasteiger partial charge in [-0.25, -0.2) is 4.98 Å². The molecular formula is C15H19N3O. The first-order chi connectivity index (χ1) is 9.34. The zero-order valence-electron chi connectivity index (χ0n) is 10.9. The standard InChI is InChI=1S/C15H19N3O/c19-15(12-4-2-1-3-5-12)10-16-8-14-9-17-11-18(14)13-6-7-13/h1-5,9,11,13,15-16,19H,6-8,10H2. The lowest BCUT2D eigenvalue weighted by atomic mass is 10.1. The van der Waals surface area contributed by atoms with Crippen LogP contribution in [0.2, 0.25) is 0 Å². The van der Waals surface area contributed by atoms with Crippen LogP contribution in [-0.4, -0.2) is 21.2 Å². The maximum Gasteiger partial charge on any atom is 0.0951 e. The van der Waals surface area contributed by atoms with Gasteiger partial charge >= 0.3 is 0 Å². The summed E-state index contributed by atoms with van der Waals surface area (Å²) in [6.07, 6.45) is 5.87. The largest absolute Gasteiger partial charge is 0.387 e. The second-order valence-electron chi connectivity index (χ2n) is 5.08. The highest BCUT2D eigenvalue weighted by Crippen LogP contribution is 2.35. The van der Waals surface area contributed by atoms with Crippen molar-refractivity contribution in [3.8, 4) is 0 Å². The summed E-state index contributed by atoms with van der Waals surface area (Å²) >= 11 is 0. The molecule has 1 aliphatic carbocycles. The van der Waals surface area contributed by atoms with E-state index >= 15 is 0 Å². The lowest BCUT2D eigenvalue weighted by Gasteiger charge is -2.13.